The van der Waals surface area contributed by atoms with E-state index in [1.54, 1.807) is 11.3 Å². The van der Waals surface area contributed by atoms with Gasteiger partial charge in [0.1, 0.15) is 0 Å². The summed E-state index contributed by atoms with van der Waals surface area (Å²) in [6.07, 6.45) is 4.07. The fourth-order valence-electron chi connectivity index (χ4n) is 0.995. The molecule has 0 spiro atoms. The quantitative estimate of drug-likeness (QED) is 0.829. The van der Waals surface area contributed by atoms with E-state index in [4.69, 9.17) is 0 Å². The van der Waals surface area contributed by atoms with Crippen LogP contribution in [0.4, 0.5) is 0 Å². The maximum absolute atomic E-state index is 4.04. The molecule has 3 heteroatoms. The van der Waals surface area contributed by atoms with E-state index in [0.29, 0.717) is 0 Å². The lowest BCUT2D eigenvalue weighted by Crippen LogP contribution is -2.36. The third kappa shape index (κ3) is 4.53. The Kier molecular flexibility index (Phi) is 3.84. The molecule has 0 bridgehead atoms. The molecule has 0 atom stereocenters. The highest BCUT2D eigenvalue weighted by atomic mass is 32.1. The summed E-state index contributed by atoms with van der Waals surface area (Å²) in [5.41, 5.74) is 3.38. The van der Waals surface area contributed by atoms with Crippen molar-refractivity contribution in [3.63, 3.8) is 0 Å². The summed E-state index contributed by atoms with van der Waals surface area (Å²) in [7, 11) is 0. The van der Waals surface area contributed by atoms with Crippen LogP contribution in [0.3, 0.4) is 0 Å². The molecule has 78 valence electrons. The highest BCUT2D eigenvalue weighted by Gasteiger charge is 2.07. The molecule has 1 heterocycles. The first kappa shape index (κ1) is 11.4. The second kappa shape index (κ2) is 4.71. The fraction of sp³-hybridized carbons (Fsp3) is 0.545. The largest absolute Gasteiger partial charge is 0.308 e. The van der Waals surface area contributed by atoms with Crippen molar-refractivity contribution < 1.29 is 0 Å². The predicted molar refractivity (Wildman–Crippen MR) is 63.5 cm³/mol. The first-order valence-corrected chi connectivity index (χ1v) is 5.66. The van der Waals surface area contributed by atoms with Gasteiger partial charge in [-0.3, -0.25) is 4.98 Å². The molecule has 2 nitrogen and oxygen atoms in total. The monoisotopic (exact) mass is 210 g/mol. The summed E-state index contributed by atoms with van der Waals surface area (Å²) in [6, 6.07) is 0. The number of hydrogen-bond acceptors (Lipinski definition) is 3. The molecule has 0 fully saturated rings. The van der Waals surface area contributed by atoms with Crippen LogP contribution in [0.5, 0.6) is 0 Å². The van der Waals surface area contributed by atoms with Crippen LogP contribution < -0.4 is 5.32 Å². The number of nitrogens with zero attached hydrogens (tertiary/aromatic N) is 1. The van der Waals surface area contributed by atoms with Gasteiger partial charge in [0.25, 0.3) is 0 Å². The van der Waals surface area contributed by atoms with Crippen molar-refractivity contribution >= 4 is 17.4 Å². The van der Waals surface area contributed by atoms with Gasteiger partial charge >= 0.3 is 0 Å². The third-order valence-electron chi connectivity index (χ3n) is 1.74. The molecular formula is C11H18N2S. The van der Waals surface area contributed by atoms with Crippen molar-refractivity contribution in [2.75, 3.05) is 6.54 Å². The number of hydrogen-bond donors (Lipinski definition) is 1. The molecule has 0 radical (unpaired) electrons. The smallest absolute Gasteiger partial charge is 0.0797 e. The first-order valence-electron chi connectivity index (χ1n) is 4.78. The van der Waals surface area contributed by atoms with Crippen LogP contribution >= 0.6 is 11.3 Å². The van der Waals surface area contributed by atoms with Gasteiger partial charge in [-0.1, -0.05) is 5.57 Å². The average Bonchev–Trinajstić information content (AvgIpc) is 2.52. The molecule has 0 aromatic carbocycles. The topological polar surface area (TPSA) is 24.9 Å². The minimum Gasteiger partial charge on any atom is -0.308 e. The van der Waals surface area contributed by atoms with Crippen molar-refractivity contribution in [1.29, 1.82) is 0 Å². The lowest BCUT2D eigenvalue weighted by molar-refractivity contribution is 0.445. The van der Waals surface area contributed by atoms with E-state index in [9.17, 15) is 0 Å². The number of thiazole rings is 1. The summed E-state index contributed by atoms with van der Waals surface area (Å²) < 4.78 is 0. The Balaban J connectivity index is 2.46. The van der Waals surface area contributed by atoms with E-state index in [2.05, 4.69) is 44.1 Å². The lowest BCUT2D eigenvalue weighted by atomic mass is 10.1. The Bertz CT molecular complexity index is 294. The van der Waals surface area contributed by atoms with Crippen LogP contribution in [0.25, 0.3) is 6.08 Å². The van der Waals surface area contributed by atoms with Crippen molar-refractivity contribution in [2.24, 2.45) is 0 Å². The van der Waals surface area contributed by atoms with Crippen LogP contribution in [0.1, 0.15) is 32.6 Å². The zero-order chi connectivity index (χ0) is 10.6. The summed E-state index contributed by atoms with van der Waals surface area (Å²) in [6.45, 7) is 9.59. The number of rotatable bonds is 3. The summed E-state index contributed by atoms with van der Waals surface area (Å²) in [5, 5.41) is 3.45. The zero-order valence-electron chi connectivity index (χ0n) is 9.29. The molecule has 0 unspecified atom stereocenters. The van der Waals surface area contributed by atoms with Crippen molar-refractivity contribution in [3.8, 4) is 0 Å². The number of aromatic nitrogens is 1. The highest BCUT2D eigenvalue weighted by Crippen LogP contribution is 2.11. The van der Waals surface area contributed by atoms with Gasteiger partial charge in [-0.25, -0.2) is 0 Å². The maximum atomic E-state index is 4.04. The molecule has 1 N–H and O–H groups in total. The van der Waals surface area contributed by atoms with Crippen LogP contribution in [-0.4, -0.2) is 17.1 Å². The van der Waals surface area contributed by atoms with Crippen LogP contribution in [0, 0.1) is 0 Å². The molecule has 0 aliphatic heterocycles. The van der Waals surface area contributed by atoms with Gasteiger partial charge in [-0.05, 0) is 33.8 Å². The van der Waals surface area contributed by atoms with Gasteiger partial charge in [0, 0.05) is 23.2 Å². The van der Waals surface area contributed by atoms with E-state index in [1.807, 2.05) is 11.7 Å². The van der Waals surface area contributed by atoms with Crippen LogP contribution in [0.15, 0.2) is 17.3 Å². The van der Waals surface area contributed by atoms with Crippen molar-refractivity contribution in [1.82, 2.24) is 10.3 Å². The second-order valence-electron chi connectivity index (χ2n) is 4.50. The SMILES string of the molecule is CC(=Cc1cncs1)CNC(C)(C)C. The van der Waals surface area contributed by atoms with E-state index >= 15 is 0 Å². The van der Waals surface area contributed by atoms with E-state index in [1.165, 1.54) is 10.5 Å². The van der Waals surface area contributed by atoms with Crippen molar-refractivity contribution in [3.05, 3.63) is 22.2 Å². The zero-order valence-corrected chi connectivity index (χ0v) is 10.1. The van der Waals surface area contributed by atoms with Gasteiger partial charge in [-0.2, -0.15) is 0 Å². The van der Waals surface area contributed by atoms with E-state index < -0.39 is 0 Å². The number of nitrogens with one attached hydrogen (secondary N) is 1. The van der Waals surface area contributed by atoms with Gasteiger partial charge in [-0.15, -0.1) is 11.3 Å². The van der Waals surface area contributed by atoms with Crippen molar-refractivity contribution in [2.45, 2.75) is 33.2 Å². The molecular weight excluding hydrogens is 192 g/mol. The van der Waals surface area contributed by atoms with Gasteiger partial charge in [0.05, 0.1) is 5.51 Å². The molecule has 1 rings (SSSR count). The molecule has 0 amide bonds. The Morgan fingerprint density at radius 2 is 2.29 bits per heavy atom. The predicted octanol–water partition coefficient (Wildman–Crippen LogP) is 2.93. The average molecular weight is 210 g/mol. The summed E-state index contributed by atoms with van der Waals surface area (Å²) in [4.78, 5) is 5.26. The summed E-state index contributed by atoms with van der Waals surface area (Å²) >= 11 is 1.67. The van der Waals surface area contributed by atoms with Crippen LogP contribution in [-0.2, 0) is 0 Å². The molecule has 1 aromatic heterocycles. The first-order chi connectivity index (χ1) is 6.47. The standard InChI is InChI=1S/C11H18N2S/c1-9(6-13-11(2,3)4)5-10-7-12-8-14-10/h5,7-8,13H,6H2,1-4H3. The Morgan fingerprint density at radius 1 is 1.57 bits per heavy atom. The van der Waals surface area contributed by atoms with E-state index in [0.717, 1.165) is 6.54 Å². The lowest BCUT2D eigenvalue weighted by Gasteiger charge is -2.20. The Labute approximate surface area is 90.1 Å². The third-order valence-corrected chi connectivity index (χ3v) is 2.46. The van der Waals surface area contributed by atoms with Gasteiger partial charge < -0.3 is 5.32 Å². The molecule has 0 aliphatic rings. The molecule has 1 aromatic rings. The molecule has 0 saturated heterocycles. The second-order valence-corrected chi connectivity index (χ2v) is 5.42. The van der Waals surface area contributed by atoms with Gasteiger partial charge in [0.15, 0.2) is 0 Å². The Morgan fingerprint density at radius 3 is 2.79 bits per heavy atom. The minimum atomic E-state index is 0.183. The maximum Gasteiger partial charge on any atom is 0.0797 e. The highest BCUT2D eigenvalue weighted by molar-refractivity contribution is 7.10. The Hall–Kier alpha value is -0.670. The molecule has 0 aliphatic carbocycles. The van der Waals surface area contributed by atoms with Crippen LogP contribution in [0.2, 0.25) is 0 Å². The summed E-state index contributed by atoms with van der Waals surface area (Å²) in [5.74, 6) is 0. The fourth-order valence-corrected chi connectivity index (χ4v) is 1.63. The normalized spacial score (nSPS) is 13.3. The molecule has 0 saturated carbocycles. The van der Waals surface area contributed by atoms with E-state index in [-0.39, 0.29) is 5.54 Å². The van der Waals surface area contributed by atoms with Gasteiger partial charge in [0.2, 0.25) is 0 Å². The molecule has 14 heavy (non-hydrogen) atoms. The minimum absolute atomic E-state index is 0.183.